The van der Waals surface area contributed by atoms with E-state index in [1.165, 1.54) is 17.3 Å². The molecular weight excluding hydrogens is 406 g/mol. The fourth-order valence-corrected chi connectivity index (χ4v) is 4.92. The fourth-order valence-electron chi connectivity index (χ4n) is 2.84. The maximum absolute atomic E-state index is 12.9. The largest absolute Gasteiger partial charge is 0.450 e. The Morgan fingerprint density at radius 3 is 2.61 bits per heavy atom. The van der Waals surface area contributed by atoms with Crippen LogP contribution in [0, 0.1) is 6.92 Å². The highest BCUT2D eigenvalue weighted by Gasteiger charge is 2.34. The van der Waals surface area contributed by atoms with Crippen LogP contribution in [0.25, 0.3) is 6.08 Å². The molecule has 0 bridgehead atoms. The average molecular weight is 424 g/mol. The van der Waals surface area contributed by atoms with Crippen LogP contribution >= 0.6 is 35.7 Å². The quantitative estimate of drug-likeness (QED) is 0.274. The Bertz CT molecular complexity index is 1060. The topological polar surface area (TPSA) is 33.5 Å². The number of furan rings is 1. The summed E-state index contributed by atoms with van der Waals surface area (Å²) in [5.41, 5.74) is 3.08. The predicted molar refractivity (Wildman–Crippen MR) is 122 cm³/mol. The van der Waals surface area contributed by atoms with Crippen LogP contribution in [0.15, 0.2) is 81.1 Å². The Kier molecular flexibility index (Phi) is 5.71. The van der Waals surface area contributed by atoms with Crippen molar-refractivity contribution in [1.29, 1.82) is 0 Å². The number of para-hydroxylation sites is 1. The van der Waals surface area contributed by atoms with E-state index >= 15 is 0 Å². The van der Waals surface area contributed by atoms with Crippen molar-refractivity contribution in [2.75, 3.05) is 4.90 Å². The lowest BCUT2D eigenvalue weighted by Gasteiger charge is -2.16. The third-order valence-corrected chi connectivity index (χ3v) is 6.53. The molecule has 0 radical (unpaired) electrons. The summed E-state index contributed by atoms with van der Waals surface area (Å²) in [6.07, 6.45) is 1.77. The van der Waals surface area contributed by atoms with Gasteiger partial charge in [-0.3, -0.25) is 9.69 Å². The summed E-state index contributed by atoms with van der Waals surface area (Å²) in [4.78, 5) is 15.1. The van der Waals surface area contributed by atoms with Crippen molar-refractivity contribution in [2.24, 2.45) is 0 Å². The molecule has 0 spiro atoms. The number of carbonyl (C=O) groups is 1. The van der Waals surface area contributed by atoms with Crippen LogP contribution in [0.5, 0.6) is 0 Å². The molecule has 0 unspecified atom stereocenters. The van der Waals surface area contributed by atoms with Gasteiger partial charge in [0.1, 0.15) is 5.76 Å². The minimum Gasteiger partial charge on any atom is -0.450 e. The van der Waals surface area contributed by atoms with Crippen molar-refractivity contribution in [3.63, 3.8) is 0 Å². The Labute approximate surface area is 177 Å². The molecule has 1 fully saturated rings. The molecule has 28 heavy (non-hydrogen) atoms. The van der Waals surface area contributed by atoms with Gasteiger partial charge in [0.15, 0.2) is 9.41 Å². The van der Waals surface area contributed by atoms with Crippen LogP contribution in [-0.4, -0.2) is 10.2 Å². The van der Waals surface area contributed by atoms with Crippen LogP contribution in [0.2, 0.25) is 0 Å². The lowest BCUT2D eigenvalue weighted by atomic mass is 10.2. The summed E-state index contributed by atoms with van der Waals surface area (Å²) in [5, 5.41) is 0.824. The Hall–Kier alpha value is -2.28. The molecule has 0 saturated carbocycles. The Morgan fingerprint density at radius 1 is 1.07 bits per heavy atom. The summed E-state index contributed by atoms with van der Waals surface area (Å²) in [7, 11) is 0. The van der Waals surface area contributed by atoms with Gasteiger partial charge in [0.2, 0.25) is 0 Å². The van der Waals surface area contributed by atoms with E-state index in [1.807, 2.05) is 61.5 Å². The second kappa shape index (κ2) is 8.39. The third-order valence-electron chi connectivity index (χ3n) is 4.25. The number of anilines is 1. The van der Waals surface area contributed by atoms with Gasteiger partial charge in [-0.2, -0.15) is 0 Å². The standard InChI is InChI=1S/C22H17NO2S3/c1-15-7-5-6-10-18(15)23-21(24)19(28-22(23)26)13-17-11-12-20(25-17)27-14-16-8-3-2-4-9-16/h2-13H,14H2,1H3. The number of rotatable bonds is 5. The molecule has 140 valence electrons. The first kappa shape index (κ1) is 19.1. The lowest BCUT2D eigenvalue weighted by Crippen LogP contribution is -2.28. The van der Waals surface area contributed by atoms with Gasteiger partial charge in [0, 0.05) is 11.8 Å². The summed E-state index contributed by atoms with van der Waals surface area (Å²) in [5.74, 6) is 1.38. The predicted octanol–water partition coefficient (Wildman–Crippen LogP) is 6.29. The molecule has 2 aromatic carbocycles. The molecule has 0 aliphatic carbocycles. The average Bonchev–Trinajstić information content (AvgIpc) is 3.26. The van der Waals surface area contributed by atoms with E-state index < -0.39 is 0 Å². The van der Waals surface area contributed by atoms with E-state index in [0.717, 1.165) is 22.1 Å². The summed E-state index contributed by atoms with van der Waals surface area (Å²) in [6.45, 7) is 1.97. The van der Waals surface area contributed by atoms with E-state index in [-0.39, 0.29) is 5.91 Å². The monoisotopic (exact) mass is 423 g/mol. The number of aryl methyl sites for hydroxylation is 1. The number of carbonyl (C=O) groups excluding carboxylic acids is 1. The second-order valence-corrected chi connectivity index (χ2v) is 8.89. The maximum Gasteiger partial charge on any atom is 0.270 e. The smallest absolute Gasteiger partial charge is 0.270 e. The highest BCUT2D eigenvalue weighted by molar-refractivity contribution is 8.27. The highest BCUT2D eigenvalue weighted by atomic mass is 32.2. The van der Waals surface area contributed by atoms with E-state index in [2.05, 4.69) is 12.1 Å². The zero-order valence-corrected chi connectivity index (χ0v) is 17.6. The van der Waals surface area contributed by atoms with Gasteiger partial charge in [-0.1, -0.05) is 84.3 Å². The zero-order chi connectivity index (χ0) is 19.5. The van der Waals surface area contributed by atoms with Gasteiger partial charge < -0.3 is 4.42 Å². The number of nitrogens with zero attached hydrogens (tertiary/aromatic N) is 1. The molecule has 0 atom stereocenters. The molecule has 0 N–H and O–H groups in total. The van der Waals surface area contributed by atoms with Gasteiger partial charge in [-0.25, -0.2) is 0 Å². The number of hydrogen-bond acceptors (Lipinski definition) is 5. The Morgan fingerprint density at radius 2 is 1.82 bits per heavy atom. The minimum absolute atomic E-state index is 0.112. The van der Waals surface area contributed by atoms with Crippen LogP contribution < -0.4 is 4.90 Å². The van der Waals surface area contributed by atoms with Crippen LogP contribution in [0.4, 0.5) is 5.69 Å². The van der Waals surface area contributed by atoms with Crippen molar-refractivity contribution >= 4 is 57.7 Å². The third kappa shape index (κ3) is 4.09. The molecule has 2 heterocycles. The van der Waals surface area contributed by atoms with E-state index in [1.54, 1.807) is 22.7 Å². The van der Waals surface area contributed by atoms with E-state index in [4.69, 9.17) is 16.6 Å². The maximum atomic E-state index is 12.9. The van der Waals surface area contributed by atoms with Gasteiger partial charge in [-0.05, 0) is 36.2 Å². The zero-order valence-electron chi connectivity index (χ0n) is 15.1. The van der Waals surface area contributed by atoms with E-state index in [9.17, 15) is 4.79 Å². The normalized spacial score (nSPS) is 15.6. The number of thiocarbonyl (C=S) groups is 1. The summed E-state index contributed by atoms with van der Waals surface area (Å²) in [6, 6.07) is 21.8. The molecule has 1 saturated heterocycles. The van der Waals surface area contributed by atoms with Crippen LogP contribution in [-0.2, 0) is 10.5 Å². The van der Waals surface area contributed by atoms with Crippen molar-refractivity contribution in [2.45, 2.75) is 17.8 Å². The summed E-state index contributed by atoms with van der Waals surface area (Å²) >= 11 is 8.38. The van der Waals surface area contributed by atoms with Crippen molar-refractivity contribution in [3.05, 3.63) is 88.5 Å². The van der Waals surface area contributed by atoms with Crippen molar-refractivity contribution < 1.29 is 9.21 Å². The summed E-state index contributed by atoms with van der Waals surface area (Å²) < 4.78 is 6.41. The van der Waals surface area contributed by atoms with Gasteiger partial charge in [0.05, 0.1) is 10.6 Å². The number of hydrogen-bond donors (Lipinski definition) is 0. The molecule has 1 aliphatic rings. The van der Waals surface area contributed by atoms with Gasteiger partial charge in [0.25, 0.3) is 5.91 Å². The molecule has 6 heteroatoms. The van der Waals surface area contributed by atoms with Crippen molar-refractivity contribution in [1.82, 2.24) is 0 Å². The number of amides is 1. The number of benzene rings is 2. The van der Waals surface area contributed by atoms with Crippen molar-refractivity contribution in [3.8, 4) is 0 Å². The SMILES string of the molecule is Cc1ccccc1N1C(=O)C(=Cc2ccc(SCc3ccccc3)o2)SC1=S. The molecule has 4 rings (SSSR count). The first-order valence-corrected chi connectivity index (χ1v) is 10.9. The molecule has 1 aromatic heterocycles. The van der Waals surface area contributed by atoms with Crippen LogP contribution in [0.1, 0.15) is 16.9 Å². The Balaban J connectivity index is 1.49. The minimum atomic E-state index is -0.112. The van der Waals surface area contributed by atoms with Gasteiger partial charge in [-0.15, -0.1) is 0 Å². The molecular formula is C22H17NO2S3. The van der Waals surface area contributed by atoms with E-state index in [0.29, 0.717) is 15.0 Å². The first-order chi connectivity index (χ1) is 13.6. The highest BCUT2D eigenvalue weighted by Crippen LogP contribution is 2.37. The fraction of sp³-hybridized carbons (Fsp3) is 0.0909. The molecule has 1 amide bonds. The first-order valence-electron chi connectivity index (χ1n) is 8.72. The van der Waals surface area contributed by atoms with Crippen LogP contribution in [0.3, 0.4) is 0 Å². The lowest BCUT2D eigenvalue weighted by molar-refractivity contribution is -0.113. The number of thioether (sulfide) groups is 2. The molecule has 3 aromatic rings. The second-order valence-electron chi connectivity index (χ2n) is 6.23. The molecule has 3 nitrogen and oxygen atoms in total. The van der Waals surface area contributed by atoms with Gasteiger partial charge >= 0.3 is 0 Å². The molecule has 1 aliphatic heterocycles.